The van der Waals surface area contributed by atoms with Gasteiger partial charge in [-0.3, -0.25) is 0 Å². The second kappa shape index (κ2) is 3.81. The lowest BCUT2D eigenvalue weighted by Gasteiger charge is -2.47. The molecule has 1 saturated carbocycles. The van der Waals surface area contributed by atoms with Crippen molar-refractivity contribution in [1.29, 1.82) is 0 Å². The fourth-order valence-corrected chi connectivity index (χ4v) is 3.62. The summed E-state index contributed by atoms with van der Waals surface area (Å²) in [5.41, 5.74) is 3.65. The van der Waals surface area contributed by atoms with Crippen LogP contribution in [0.5, 0.6) is 0 Å². The third kappa shape index (κ3) is 1.91. The normalized spacial score (nSPS) is 40.6. The molecule has 0 bridgehead atoms. The van der Waals surface area contributed by atoms with Crippen LogP contribution >= 0.6 is 0 Å². The van der Waals surface area contributed by atoms with Gasteiger partial charge in [0.05, 0.1) is 0 Å². The first-order chi connectivity index (χ1) is 7.03. The summed E-state index contributed by atoms with van der Waals surface area (Å²) in [5, 5.41) is 0. The third-order valence-electron chi connectivity index (χ3n) is 4.85. The molecule has 0 aromatic carbocycles. The highest BCUT2D eigenvalue weighted by Crippen LogP contribution is 2.52. The van der Waals surface area contributed by atoms with Crippen LogP contribution < -0.4 is 0 Å². The quantitative estimate of drug-likeness (QED) is 0.542. The Balaban J connectivity index is 2.19. The minimum atomic E-state index is 0.602. The van der Waals surface area contributed by atoms with Gasteiger partial charge in [-0.1, -0.05) is 30.7 Å². The molecule has 0 heterocycles. The standard InChI is InChI=1S/C15H24/c1-11(2)13-7-9-15(4)8-5-6-12(3)14(15)10-13/h6,13-14H,1,5,7-10H2,2-4H3/t13-,14?,15-/m0/s1. The molecule has 0 aromatic heterocycles. The highest BCUT2D eigenvalue weighted by Gasteiger charge is 2.41. The van der Waals surface area contributed by atoms with Gasteiger partial charge in [0.15, 0.2) is 0 Å². The van der Waals surface area contributed by atoms with Crippen LogP contribution in [-0.4, -0.2) is 0 Å². The van der Waals surface area contributed by atoms with E-state index in [0.717, 1.165) is 11.8 Å². The summed E-state index contributed by atoms with van der Waals surface area (Å²) in [6.07, 6.45) is 9.30. The van der Waals surface area contributed by atoms with Crippen LogP contribution in [0.25, 0.3) is 0 Å². The molecule has 2 aliphatic carbocycles. The van der Waals surface area contributed by atoms with Gasteiger partial charge >= 0.3 is 0 Å². The smallest absolute Gasteiger partial charge is 0.0146 e. The monoisotopic (exact) mass is 204 g/mol. The molecule has 15 heavy (non-hydrogen) atoms. The average molecular weight is 204 g/mol. The van der Waals surface area contributed by atoms with E-state index in [-0.39, 0.29) is 0 Å². The molecule has 84 valence electrons. The average Bonchev–Trinajstić information content (AvgIpc) is 2.17. The van der Waals surface area contributed by atoms with E-state index in [1.165, 1.54) is 37.7 Å². The fraction of sp³-hybridized carbons (Fsp3) is 0.733. The molecule has 0 nitrogen and oxygen atoms in total. The van der Waals surface area contributed by atoms with Crippen LogP contribution in [0.15, 0.2) is 23.8 Å². The van der Waals surface area contributed by atoms with E-state index in [0.29, 0.717) is 5.41 Å². The Bertz CT molecular complexity index is 297. The Hall–Kier alpha value is -0.520. The number of hydrogen-bond acceptors (Lipinski definition) is 0. The van der Waals surface area contributed by atoms with Gasteiger partial charge in [-0.05, 0) is 63.2 Å². The van der Waals surface area contributed by atoms with E-state index in [9.17, 15) is 0 Å². The second-order valence-corrected chi connectivity index (χ2v) is 6.01. The van der Waals surface area contributed by atoms with Crippen molar-refractivity contribution in [2.45, 2.75) is 52.9 Å². The molecule has 0 saturated heterocycles. The van der Waals surface area contributed by atoms with Crippen molar-refractivity contribution < 1.29 is 0 Å². The van der Waals surface area contributed by atoms with Crippen LogP contribution in [0.3, 0.4) is 0 Å². The third-order valence-corrected chi connectivity index (χ3v) is 4.85. The summed E-state index contributed by atoms with van der Waals surface area (Å²) >= 11 is 0. The SMILES string of the molecule is C=C(C)[C@H]1CC[C@]2(C)CCC=C(C)C2C1. The number of fused-ring (bicyclic) bond motifs is 1. The van der Waals surface area contributed by atoms with Crippen LogP contribution in [0.4, 0.5) is 0 Å². The molecule has 0 aromatic rings. The predicted octanol–water partition coefficient (Wildman–Crippen LogP) is 4.73. The minimum Gasteiger partial charge on any atom is -0.0999 e. The Kier molecular flexibility index (Phi) is 2.79. The lowest BCUT2D eigenvalue weighted by atomic mass is 9.57. The molecular weight excluding hydrogens is 180 g/mol. The Labute approximate surface area is 94.5 Å². The molecule has 0 amide bonds. The molecule has 0 spiro atoms. The van der Waals surface area contributed by atoms with Gasteiger partial charge < -0.3 is 0 Å². The van der Waals surface area contributed by atoms with Crippen molar-refractivity contribution in [2.75, 3.05) is 0 Å². The minimum absolute atomic E-state index is 0.602. The molecule has 1 unspecified atom stereocenters. The van der Waals surface area contributed by atoms with Gasteiger partial charge in [-0.2, -0.15) is 0 Å². The first kappa shape index (κ1) is 11.0. The van der Waals surface area contributed by atoms with Crippen molar-refractivity contribution in [2.24, 2.45) is 17.3 Å². The molecule has 0 aliphatic heterocycles. The predicted molar refractivity (Wildman–Crippen MR) is 66.7 cm³/mol. The van der Waals surface area contributed by atoms with Crippen molar-refractivity contribution in [3.8, 4) is 0 Å². The molecule has 2 rings (SSSR count). The van der Waals surface area contributed by atoms with Crippen LogP contribution in [0, 0.1) is 17.3 Å². The zero-order chi connectivity index (χ0) is 11.1. The Morgan fingerprint density at radius 2 is 2.20 bits per heavy atom. The first-order valence-electron chi connectivity index (χ1n) is 6.35. The van der Waals surface area contributed by atoms with Crippen LogP contribution in [0.2, 0.25) is 0 Å². The maximum Gasteiger partial charge on any atom is -0.0146 e. The lowest BCUT2D eigenvalue weighted by Crippen LogP contribution is -2.37. The van der Waals surface area contributed by atoms with Gasteiger partial charge in [0.2, 0.25) is 0 Å². The Morgan fingerprint density at radius 3 is 2.87 bits per heavy atom. The van der Waals surface area contributed by atoms with Crippen LogP contribution in [0.1, 0.15) is 52.9 Å². The highest BCUT2D eigenvalue weighted by molar-refractivity contribution is 5.16. The Morgan fingerprint density at radius 1 is 1.47 bits per heavy atom. The van der Waals surface area contributed by atoms with Crippen molar-refractivity contribution >= 4 is 0 Å². The second-order valence-electron chi connectivity index (χ2n) is 6.01. The van der Waals surface area contributed by atoms with E-state index in [2.05, 4.69) is 33.4 Å². The number of allylic oxidation sites excluding steroid dienone is 3. The topological polar surface area (TPSA) is 0 Å². The van der Waals surface area contributed by atoms with E-state index >= 15 is 0 Å². The summed E-state index contributed by atoms with van der Waals surface area (Å²) in [6.45, 7) is 11.2. The van der Waals surface area contributed by atoms with Crippen LogP contribution in [-0.2, 0) is 0 Å². The largest absolute Gasteiger partial charge is 0.0999 e. The zero-order valence-corrected chi connectivity index (χ0v) is 10.5. The molecule has 0 N–H and O–H groups in total. The number of rotatable bonds is 1. The molecular formula is C15H24. The van der Waals surface area contributed by atoms with E-state index < -0.39 is 0 Å². The maximum absolute atomic E-state index is 4.14. The van der Waals surface area contributed by atoms with Gasteiger partial charge in [0.1, 0.15) is 0 Å². The lowest BCUT2D eigenvalue weighted by molar-refractivity contribution is 0.0981. The molecule has 0 heteroatoms. The molecule has 3 atom stereocenters. The molecule has 1 fully saturated rings. The van der Waals surface area contributed by atoms with Gasteiger partial charge in [0.25, 0.3) is 0 Å². The highest BCUT2D eigenvalue weighted by atomic mass is 14.5. The van der Waals surface area contributed by atoms with Crippen molar-refractivity contribution in [3.63, 3.8) is 0 Å². The van der Waals surface area contributed by atoms with Gasteiger partial charge in [0, 0.05) is 0 Å². The first-order valence-corrected chi connectivity index (χ1v) is 6.35. The molecule has 2 aliphatic rings. The van der Waals surface area contributed by atoms with E-state index in [1.807, 2.05) is 0 Å². The number of hydrogen-bond donors (Lipinski definition) is 0. The summed E-state index contributed by atoms with van der Waals surface area (Å²) in [6, 6.07) is 0. The van der Waals surface area contributed by atoms with Crippen molar-refractivity contribution in [3.05, 3.63) is 23.8 Å². The summed E-state index contributed by atoms with van der Waals surface area (Å²) in [4.78, 5) is 0. The fourth-order valence-electron chi connectivity index (χ4n) is 3.62. The summed E-state index contributed by atoms with van der Waals surface area (Å²) in [5.74, 6) is 1.62. The van der Waals surface area contributed by atoms with Crippen molar-refractivity contribution in [1.82, 2.24) is 0 Å². The zero-order valence-electron chi connectivity index (χ0n) is 10.5. The molecule has 0 radical (unpaired) electrons. The van der Waals surface area contributed by atoms with Gasteiger partial charge in [-0.15, -0.1) is 0 Å². The summed E-state index contributed by atoms with van der Waals surface area (Å²) < 4.78 is 0. The van der Waals surface area contributed by atoms with Gasteiger partial charge in [-0.25, -0.2) is 0 Å². The summed E-state index contributed by atoms with van der Waals surface area (Å²) in [7, 11) is 0. The maximum atomic E-state index is 4.14. The van der Waals surface area contributed by atoms with E-state index in [1.54, 1.807) is 5.57 Å². The van der Waals surface area contributed by atoms with E-state index in [4.69, 9.17) is 0 Å².